The van der Waals surface area contributed by atoms with Gasteiger partial charge in [-0.3, -0.25) is 9.52 Å². The van der Waals surface area contributed by atoms with Crippen LogP contribution >= 0.6 is 0 Å². The Morgan fingerprint density at radius 3 is 2.48 bits per heavy atom. The molecule has 1 aliphatic rings. The van der Waals surface area contributed by atoms with E-state index < -0.39 is 10.0 Å². The second-order valence-electron chi connectivity index (χ2n) is 9.18. The smallest absolute Gasteiger partial charge is 0.261 e. The van der Waals surface area contributed by atoms with Gasteiger partial charge in [0, 0.05) is 37.4 Å². The van der Waals surface area contributed by atoms with Crippen molar-refractivity contribution in [2.75, 3.05) is 42.9 Å². The zero-order chi connectivity index (χ0) is 28.1. The van der Waals surface area contributed by atoms with Crippen molar-refractivity contribution in [2.24, 2.45) is 0 Å². The molecule has 1 N–H and O–H groups in total. The normalized spacial score (nSPS) is 13.7. The fourth-order valence-electron chi connectivity index (χ4n) is 4.45. The molecule has 1 fully saturated rings. The van der Waals surface area contributed by atoms with Crippen LogP contribution in [-0.2, 0) is 16.6 Å². The van der Waals surface area contributed by atoms with Crippen molar-refractivity contribution in [3.05, 3.63) is 90.1 Å². The Hall–Kier alpha value is -4.58. The lowest BCUT2D eigenvalue weighted by Gasteiger charge is -2.36. The van der Waals surface area contributed by atoms with Crippen molar-refractivity contribution in [3.8, 4) is 11.5 Å². The molecule has 208 valence electrons. The molecule has 0 saturated carbocycles. The lowest BCUT2D eigenvalue weighted by molar-refractivity contribution is 0.0745. The predicted molar refractivity (Wildman–Crippen MR) is 148 cm³/mol. The number of amides is 1. The fraction of sp³-hybridized carbons (Fsp3) is 0.250. The van der Waals surface area contributed by atoms with Gasteiger partial charge in [-0.05, 0) is 61.0 Å². The summed E-state index contributed by atoms with van der Waals surface area (Å²) in [6, 6.07) is 18.8. The lowest BCUT2D eigenvalue weighted by atomic mass is 10.1. The average Bonchev–Trinajstić information content (AvgIpc) is 3.50. The third kappa shape index (κ3) is 6.01. The summed E-state index contributed by atoms with van der Waals surface area (Å²) in [5.41, 5.74) is 2.40. The number of carbonyl (C=O) groups excluding carboxylic acids is 1. The van der Waals surface area contributed by atoms with E-state index in [2.05, 4.69) is 19.8 Å². The molecule has 1 aliphatic heterocycles. The van der Waals surface area contributed by atoms with Crippen LogP contribution in [0.2, 0.25) is 0 Å². The summed E-state index contributed by atoms with van der Waals surface area (Å²) in [5, 5.41) is 7.32. The monoisotopic (exact) mass is 563 g/mol. The predicted octanol–water partition coefficient (Wildman–Crippen LogP) is 3.73. The summed E-state index contributed by atoms with van der Waals surface area (Å²) in [6.45, 7) is 4.19. The van der Waals surface area contributed by atoms with E-state index in [0.717, 1.165) is 11.4 Å². The number of aryl methyl sites for hydroxylation is 1. The van der Waals surface area contributed by atoms with E-state index in [4.69, 9.17) is 13.9 Å². The molecular weight excluding hydrogens is 534 g/mol. The first-order valence-electron chi connectivity index (χ1n) is 12.6. The fourth-order valence-corrected chi connectivity index (χ4v) is 5.53. The molecule has 1 saturated heterocycles. The van der Waals surface area contributed by atoms with Crippen LogP contribution in [0.1, 0.15) is 21.8 Å². The maximum absolute atomic E-state index is 13.4. The van der Waals surface area contributed by atoms with E-state index in [1.807, 2.05) is 24.3 Å². The van der Waals surface area contributed by atoms with Gasteiger partial charge in [0.1, 0.15) is 11.5 Å². The van der Waals surface area contributed by atoms with Gasteiger partial charge in [-0.15, -0.1) is 10.2 Å². The van der Waals surface area contributed by atoms with Crippen molar-refractivity contribution in [1.29, 1.82) is 0 Å². The summed E-state index contributed by atoms with van der Waals surface area (Å²) < 4.78 is 45.0. The van der Waals surface area contributed by atoms with E-state index in [1.54, 1.807) is 49.3 Å². The summed E-state index contributed by atoms with van der Waals surface area (Å²) in [4.78, 5) is 17.4. The van der Waals surface area contributed by atoms with Gasteiger partial charge in [0.25, 0.3) is 21.8 Å². The van der Waals surface area contributed by atoms with Crippen molar-refractivity contribution in [1.82, 2.24) is 15.1 Å². The molecule has 0 bridgehead atoms. The van der Waals surface area contributed by atoms with Crippen molar-refractivity contribution >= 4 is 27.3 Å². The number of sulfonamides is 1. The second-order valence-corrected chi connectivity index (χ2v) is 10.9. The standard InChI is InChI=1S/C28H29N5O6S/c1-20-7-12-23(40(35,36)31-21-8-10-22(11-9-21)38-18-27-30-29-19-39-27)17-24(20)28(34)33-15-13-32(14-16-33)25-5-3-4-6-26(25)37-2/h3-12,17,19,31H,13-16,18H2,1-2H3. The number of hydrogen-bond acceptors (Lipinski definition) is 9. The molecule has 4 aromatic rings. The molecule has 5 rings (SSSR count). The molecule has 0 spiro atoms. The van der Waals surface area contributed by atoms with Crippen molar-refractivity contribution in [2.45, 2.75) is 18.4 Å². The molecule has 1 aromatic heterocycles. The van der Waals surface area contributed by atoms with Gasteiger partial charge in [0.2, 0.25) is 6.39 Å². The third-order valence-corrected chi connectivity index (χ3v) is 8.00. The molecule has 3 aromatic carbocycles. The zero-order valence-electron chi connectivity index (χ0n) is 22.1. The molecule has 0 unspecified atom stereocenters. The summed E-state index contributed by atoms with van der Waals surface area (Å²) >= 11 is 0. The Morgan fingerprint density at radius 1 is 1.02 bits per heavy atom. The second kappa shape index (κ2) is 11.7. The number of nitrogens with zero attached hydrogens (tertiary/aromatic N) is 4. The maximum atomic E-state index is 13.4. The van der Waals surface area contributed by atoms with Crippen LogP contribution in [-0.4, -0.2) is 62.7 Å². The molecule has 2 heterocycles. The van der Waals surface area contributed by atoms with Gasteiger partial charge in [-0.1, -0.05) is 18.2 Å². The van der Waals surface area contributed by atoms with Crippen LogP contribution < -0.4 is 19.1 Å². The number of ether oxygens (including phenoxy) is 2. The van der Waals surface area contributed by atoms with E-state index in [1.165, 1.54) is 18.5 Å². The number of piperazine rings is 1. The summed E-state index contributed by atoms with van der Waals surface area (Å²) in [7, 11) is -2.31. The molecule has 0 radical (unpaired) electrons. The highest BCUT2D eigenvalue weighted by Gasteiger charge is 2.26. The topological polar surface area (TPSA) is 127 Å². The molecule has 1 amide bonds. The molecular formula is C28H29N5O6S. The van der Waals surface area contributed by atoms with Crippen LogP contribution in [0, 0.1) is 6.92 Å². The highest BCUT2D eigenvalue weighted by atomic mass is 32.2. The van der Waals surface area contributed by atoms with E-state index >= 15 is 0 Å². The Kier molecular flexibility index (Phi) is 7.87. The largest absolute Gasteiger partial charge is 0.495 e. The quantitative estimate of drug-likeness (QED) is 0.324. The van der Waals surface area contributed by atoms with Crippen LogP contribution in [0.4, 0.5) is 11.4 Å². The minimum atomic E-state index is -3.95. The number of benzene rings is 3. The zero-order valence-corrected chi connectivity index (χ0v) is 22.9. The number of methoxy groups -OCH3 is 1. The lowest BCUT2D eigenvalue weighted by Crippen LogP contribution is -2.49. The van der Waals surface area contributed by atoms with E-state index in [9.17, 15) is 13.2 Å². The van der Waals surface area contributed by atoms with Crippen LogP contribution in [0.25, 0.3) is 0 Å². The first kappa shape index (κ1) is 27.0. The Balaban J connectivity index is 1.24. The molecule has 40 heavy (non-hydrogen) atoms. The van der Waals surface area contributed by atoms with Crippen molar-refractivity contribution < 1.29 is 27.1 Å². The average molecular weight is 564 g/mol. The van der Waals surface area contributed by atoms with Crippen molar-refractivity contribution in [3.63, 3.8) is 0 Å². The first-order chi connectivity index (χ1) is 19.3. The summed E-state index contributed by atoms with van der Waals surface area (Å²) in [5.74, 6) is 1.43. The molecule has 12 heteroatoms. The van der Waals surface area contributed by atoms with Crippen LogP contribution in [0.3, 0.4) is 0 Å². The number of rotatable bonds is 9. The van der Waals surface area contributed by atoms with Crippen LogP contribution in [0.5, 0.6) is 11.5 Å². The Bertz CT molecular complexity index is 1570. The van der Waals surface area contributed by atoms with Gasteiger partial charge in [0.15, 0.2) is 6.61 Å². The number of hydrogen-bond donors (Lipinski definition) is 1. The third-order valence-electron chi connectivity index (χ3n) is 6.62. The number of aromatic nitrogens is 2. The van der Waals surface area contributed by atoms with Gasteiger partial charge in [-0.2, -0.15) is 0 Å². The van der Waals surface area contributed by atoms with E-state index in [0.29, 0.717) is 54.6 Å². The number of carbonyl (C=O) groups is 1. The molecule has 11 nitrogen and oxygen atoms in total. The maximum Gasteiger partial charge on any atom is 0.261 e. The highest BCUT2D eigenvalue weighted by Crippen LogP contribution is 2.29. The van der Waals surface area contributed by atoms with Gasteiger partial charge in [-0.25, -0.2) is 8.42 Å². The molecule has 0 aliphatic carbocycles. The van der Waals surface area contributed by atoms with E-state index in [-0.39, 0.29) is 17.4 Å². The minimum Gasteiger partial charge on any atom is -0.495 e. The van der Waals surface area contributed by atoms with Crippen LogP contribution in [0.15, 0.2) is 82.4 Å². The Labute approximate surface area is 232 Å². The SMILES string of the molecule is COc1ccccc1N1CCN(C(=O)c2cc(S(=O)(=O)Nc3ccc(OCc4nnco4)cc3)ccc2C)CC1. The number of nitrogens with one attached hydrogen (secondary N) is 1. The molecule has 0 atom stereocenters. The van der Waals surface area contributed by atoms with Gasteiger partial charge in [0.05, 0.1) is 17.7 Å². The Morgan fingerprint density at radius 2 is 1.77 bits per heavy atom. The number of para-hydroxylation sites is 2. The number of anilines is 2. The minimum absolute atomic E-state index is 0.00540. The first-order valence-corrected chi connectivity index (χ1v) is 14.1. The van der Waals surface area contributed by atoms with Gasteiger partial charge >= 0.3 is 0 Å². The van der Waals surface area contributed by atoms with Gasteiger partial charge < -0.3 is 23.7 Å². The highest BCUT2D eigenvalue weighted by molar-refractivity contribution is 7.92. The summed E-state index contributed by atoms with van der Waals surface area (Å²) in [6.07, 6.45) is 1.21.